The quantitative estimate of drug-likeness (QED) is 0.141. The van der Waals surface area contributed by atoms with E-state index in [0.29, 0.717) is 11.3 Å². The highest BCUT2D eigenvalue weighted by Crippen LogP contribution is 2.08. The Morgan fingerprint density at radius 2 is 1.50 bits per heavy atom. The number of thioether (sulfide) groups is 1. The summed E-state index contributed by atoms with van der Waals surface area (Å²) < 4.78 is 0. The van der Waals surface area contributed by atoms with Crippen LogP contribution in [0.25, 0.3) is 0 Å². The minimum absolute atomic E-state index is 0.0197. The second kappa shape index (κ2) is 15.8. The number of amides is 3. The van der Waals surface area contributed by atoms with Crippen molar-refractivity contribution in [2.75, 3.05) is 12.0 Å². The number of hydrogen-bond acceptors (Lipinski definition) is 8. The molecule has 8 N–H and O–H groups in total. The van der Waals surface area contributed by atoms with Crippen LogP contribution in [0.5, 0.6) is 0 Å². The molecule has 0 heterocycles. The molecule has 0 spiro atoms. The van der Waals surface area contributed by atoms with Gasteiger partial charge in [-0.25, -0.2) is 4.79 Å². The Morgan fingerprint density at radius 1 is 0.917 bits per heavy atom. The normalized spacial score (nSPS) is 15.0. The summed E-state index contributed by atoms with van der Waals surface area (Å²) in [6.07, 6.45) is 0.210. The summed E-state index contributed by atoms with van der Waals surface area (Å²) in [4.78, 5) is 60.7. The third-order valence-electron chi connectivity index (χ3n) is 5.21. The third-order valence-corrected chi connectivity index (χ3v) is 5.86. The molecule has 0 aliphatic rings. The Morgan fingerprint density at radius 3 is 2.03 bits per heavy atom. The average Bonchev–Trinajstić information content (AvgIpc) is 2.82. The van der Waals surface area contributed by atoms with E-state index >= 15 is 0 Å². The maximum absolute atomic E-state index is 13.1. The predicted octanol–water partition coefficient (Wildman–Crippen LogP) is -0.906. The van der Waals surface area contributed by atoms with E-state index in [0.717, 1.165) is 0 Å². The van der Waals surface area contributed by atoms with Crippen LogP contribution in [0.3, 0.4) is 0 Å². The van der Waals surface area contributed by atoms with Crippen LogP contribution in [-0.4, -0.2) is 87.3 Å². The molecule has 13 heteroatoms. The number of aliphatic hydroxyl groups is 1. The zero-order valence-electron chi connectivity index (χ0n) is 20.2. The van der Waals surface area contributed by atoms with Crippen LogP contribution >= 0.6 is 11.8 Å². The Balaban J connectivity index is 3.07. The molecule has 0 bridgehead atoms. The van der Waals surface area contributed by atoms with Gasteiger partial charge < -0.3 is 37.0 Å². The summed E-state index contributed by atoms with van der Waals surface area (Å²) >= 11 is 1.43. The molecule has 1 aromatic carbocycles. The lowest BCUT2D eigenvalue weighted by Crippen LogP contribution is -2.58. The smallest absolute Gasteiger partial charge is 0.328 e. The maximum Gasteiger partial charge on any atom is 0.328 e. The van der Waals surface area contributed by atoms with Crippen molar-refractivity contribution >= 4 is 41.4 Å². The molecule has 36 heavy (non-hydrogen) atoms. The molecule has 0 saturated carbocycles. The van der Waals surface area contributed by atoms with E-state index < -0.39 is 59.9 Å². The lowest BCUT2D eigenvalue weighted by atomic mass is 10.0. The lowest BCUT2D eigenvalue weighted by Gasteiger charge is -2.26. The van der Waals surface area contributed by atoms with Gasteiger partial charge >= 0.3 is 11.9 Å². The van der Waals surface area contributed by atoms with E-state index in [1.807, 2.05) is 6.26 Å². The van der Waals surface area contributed by atoms with Gasteiger partial charge in [-0.05, 0) is 37.3 Å². The van der Waals surface area contributed by atoms with Crippen LogP contribution in [0.2, 0.25) is 0 Å². The Hall–Kier alpha value is -3.16. The van der Waals surface area contributed by atoms with E-state index in [2.05, 4.69) is 16.0 Å². The zero-order chi connectivity index (χ0) is 27.3. The van der Waals surface area contributed by atoms with Gasteiger partial charge in [0.2, 0.25) is 17.7 Å². The number of carbonyl (C=O) groups is 5. The van der Waals surface area contributed by atoms with Gasteiger partial charge in [-0.15, -0.1) is 0 Å². The van der Waals surface area contributed by atoms with Gasteiger partial charge in [-0.2, -0.15) is 11.8 Å². The topological polar surface area (TPSA) is 208 Å². The summed E-state index contributed by atoms with van der Waals surface area (Å²) in [5, 5.41) is 35.1. The molecule has 0 aliphatic carbocycles. The van der Waals surface area contributed by atoms with Crippen LogP contribution in [0.1, 0.15) is 31.7 Å². The van der Waals surface area contributed by atoms with Crippen molar-refractivity contribution in [3.05, 3.63) is 35.9 Å². The molecule has 0 aliphatic heterocycles. The second-order valence-corrected chi connectivity index (χ2v) is 9.18. The molecule has 200 valence electrons. The van der Waals surface area contributed by atoms with Crippen LogP contribution < -0.4 is 21.7 Å². The zero-order valence-corrected chi connectivity index (χ0v) is 21.0. The monoisotopic (exact) mass is 526 g/mol. The van der Waals surface area contributed by atoms with Crippen molar-refractivity contribution in [1.82, 2.24) is 16.0 Å². The predicted molar refractivity (Wildman–Crippen MR) is 133 cm³/mol. The van der Waals surface area contributed by atoms with E-state index in [1.165, 1.54) is 18.7 Å². The minimum atomic E-state index is -1.59. The van der Waals surface area contributed by atoms with Gasteiger partial charge in [0, 0.05) is 12.8 Å². The highest BCUT2D eigenvalue weighted by molar-refractivity contribution is 7.98. The van der Waals surface area contributed by atoms with Gasteiger partial charge in [-0.1, -0.05) is 30.3 Å². The van der Waals surface area contributed by atoms with E-state index in [4.69, 9.17) is 10.8 Å². The Bertz CT molecular complexity index is 899. The standard InChI is InChI=1S/C23H34N4O8S/c1-13(28)19(23(34)35)27-22(33)17(12-14-6-4-3-5-7-14)26-21(32)16(10-11-36-2)25-20(31)15(24)8-9-18(29)30/h3-7,13,15-17,19,28H,8-12,24H2,1-2H3,(H,25,31)(H,26,32)(H,27,33)(H,29,30)(H,34,35). The van der Waals surface area contributed by atoms with E-state index in [1.54, 1.807) is 30.3 Å². The molecule has 0 radical (unpaired) electrons. The van der Waals surface area contributed by atoms with Crippen molar-refractivity contribution in [3.63, 3.8) is 0 Å². The number of aliphatic hydroxyl groups excluding tert-OH is 1. The number of aliphatic carboxylic acids is 2. The first-order valence-corrected chi connectivity index (χ1v) is 12.7. The number of hydrogen-bond donors (Lipinski definition) is 7. The van der Waals surface area contributed by atoms with E-state index in [9.17, 15) is 34.2 Å². The van der Waals surface area contributed by atoms with Crippen LogP contribution in [0.15, 0.2) is 30.3 Å². The molecule has 1 aromatic rings. The lowest BCUT2D eigenvalue weighted by molar-refractivity contribution is -0.145. The maximum atomic E-state index is 13.1. The number of carbonyl (C=O) groups excluding carboxylic acids is 3. The third kappa shape index (κ3) is 11.1. The summed E-state index contributed by atoms with van der Waals surface area (Å²) in [5.74, 6) is -4.29. The molecule has 0 aromatic heterocycles. The SMILES string of the molecule is CSCCC(NC(=O)C(N)CCC(=O)O)C(=O)NC(Cc1ccccc1)C(=O)NC(C(=O)O)C(C)O. The molecule has 1 rings (SSSR count). The molecule has 5 atom stereocenters. The van der Waals surface area contributed by atoms with Gasteiger partial charge in [0.25, 0.3) is 0 Å². The van der Waals surface area contributed by atoms with Gasteiger partial charge in [0.05, 0.1) is 12.1 Å². The molecular weight excluding hydrogens is 492 g/mol. The Labute approximate surface area is 213 Å². The number of nitrogens with two attached hydrogens (primary N) is 1. The van der Waals surface area contributed by atoms with Crippen LogP contribution in [0.4, 0.5) is 0 Å². The molecule has 0 fully saturated rings. The first kappa shape index (κ1) is 30.9. The number of rotatable bonds is 16. The summed E-state index contributed by atoms with van der Waals surface area (Å²) in [7, 11) is 0. The fourth-order valence-electron chi connectivity index (χ4n) is 3.17. The first-order chi connectivity index (χ1) is 17.0. The summed E-state index contributed by atoms with van der Waals surface area (Å²) in [6, 6.07) is 3.68. The van der Waals surface area contributed by atoms with E-state index in [-0.39, 0.29) is 25.7 Å². The minimum Gasteiger partial charge on any atom is -0.481 e. The Kier molecular flexibility index (Phi) is 13.5. The fourth-order valence-corrected chi connectivity index (χ4v) is 3.64. The average molecular weight is 527 g/mol. The molecule has 3 amide bonds. The van der Waals surface area contributed by atoms with Crippen molar-refractivity contribution in [2.45, 2.75) is 62.9 Å². The molecule has 5 unspecified atom stereocenters. The number of benzene rings is 1. The fraction of sp³-hybridized carbons (Fsp3) is 0.522. The van der Waals surface area contributed by atoms with Gasteiger partial charge in [0.1, 0.15) is 12.1 Å². The largest absolute Gasteiger partial charge is 0.481 e. The molecular formula is C23H34N4O8S. The second-order valence-electron chi connectivity index (χ2n) is 8.20. The van der Waals surface area contributed by atoms with Crippen LogP contribution in [0, 0.1) is 0 Å². The number of nitrogens with one attached hydrogen (secondary N) is 3. The number of carboxylic acids is 2. The summed E-state index contributed by atoms with van der Waals surface area (Å²) in [5.41, 5.74) is 6.43. The van der Waals surface area contributed by atoms with Crippen molar-refractivity contribution in [3.8, 4) is 0 Å². The van der Waals surface area contributed by atoms with Crippen molar-refractivity contribution < 1.29 is 39.3 Å². The van der Waals surface area contributed by atoms with Crippen molar-refractivity contribution in [2.24, 2.45) is 5.73 Å². The van der Waals surface area contributed by atoms with Crippen molar-refractivity contribution in [1.29, 1.82) is 0 Å². The highest BCUT2D eigenvalue weighted by Gasteiger charge is 2.32. The molecule has 12 nitrogen and oxygen atoms in total. The molecule has 0 saturated heterocycles. The summed E-state index contributed by atoms with van der Waals surface area (Å²) in [6.45, 7) is 1.21. The highest BCUT2D eigenvalue weighted by atomic mass is 32.2. The number of carboxylic acid groups (broad SMARTS) is 2. The first-order valence-electron chi connectivity index (χ1n) is 11.3. The van der Waals surface area contributed by atoms with Gasteiger partial charge in [0.15, 0.2) is 6.04 Å². The van der Waals surface area contributed by atoms with Crippen LogP contribution in [-0.2, 0) is 30.4 Å². The van der Waals surface area contributed by atoms with Gasteiger partial charge in [-0.3, -0.25) is 19.2 Å².